The third-order valence-electron chi connectivity index (χ3n) is 3.17. The number of aromatic nitrogens is 1. The first-order chi connectivity index (χ1) is 10.6. The van der Waals surface area contributed by atoms with E-state index in [4.69, 9.17) is 5.11 Å². The summed E-state index contributed by atoms with van der Waals surface area (Å²) >= 11 is 1.48. The molecular weight excluding hydrogens is 298 g/mol. The quantitative estimate of drug-likeness (QED) is 0.592. The number of carbonyl (C=O) groups excluding carboxylic acids is 1. The van der Waals surface area contributed by atoms with Crippen LogP contribution in [0.4, 0.5) is 0 Å². The predicted molar refractivity (Wildman–Crippen MR) is 86.6 cm³/mol. The summed E-state index contributed by atoms with van der Waals surface area (Å²) in [6, 6.07) is 12.8. The van der Waals surface area contributed by atoms with Crippen molar-refractivity contribution in [2.45, 2.75) is 0 Å². The highest BCUT2D eigenvalue weighted by atomic mass is 32.1. The molecule has 0 bridgehead atoms. The fourth-order valence-electron chi connectivity index (χ4n) is 2.11. The van der Waals surface area contributed by atoms with Crippen LogP contribution in [0.25, 0.3) is 22.6 Å². The largest absolute Gasteiger partial charge is 0.475 e. The van der Waals surface area contributed by atoms with Gasteiger partial charge in [-0.05, 0) is 40.6 Å². The number of pyridine rings is 1. The molecule has 2 aromatic heterocycles. The summed E-state index contributed by atoms with van der Waals surface area (Å²) in [7, 11) is 0. The van der Waals surface area contributed by atoms with Gasteiger partial charge in [0.25, 0.3) is 5.78 Å². The lowest BCUT2D eigenvalue weighted by Crippen LogP contribution is -2.15. The highest BCUT2D eigenvalue weighted by Gasteiger charge is 2.21. The summed E-state index contributed by atoms with van der Waals surface area (Å²) in [4.78, 5) is 27.5. The van der Waals surface area contributed by atoms with E-state index in [1.807, 2.05) is 47.2 Å². The maximum Gasteiger partial charge on any atom is 0.377 e. The zero-order chi connectivity index (χ0) is 15.5. The van der Waals surface area contributed by atoms with Crippen molar-refractivity contribution in [1.29, 1.82) is 0 Å². The van der Waals surface area contributed by atoms with E-state index in [1.54, 1.807) is 12.1 Å². The summed E-state index contributed by atoms with van der Waals surface area (Å²) in [6.45, 7) is 0. The van der Waals surface area contributed by atoms with E-state index in [0.717, 1.165) is 16.5 Å². The second-order valence-corrected chi connectivity index (χ2v) is 5.42. The van der Waals surface area contributed by atoms with Crippen LogP contribution in [0.3, 0.4) is 0 Å². The van der Waals surface area contributed by atoms with Crippen molar-refractivity contribution >= 4 is 45.6 Å². The zero-order valence-corrected chi connectivity index (χ0v) is 12.2. The Kier molecular flexibility index (Phi) is 3.80. The van der Waals surface area contributed by atoms with Gasteiger partial charge in [-0.1, -0.05) is 24.3 Å². The third kappa shape index (κ3) is 2.80. The lowest BCUT2D eigenvalue weighted by molar-refractivity contribution is -0.146. The summed E-state index contributed by atoms with van der Waals surface area (Å²) in [6.07, 6.45) is 1.56. The van der Waals surface area contributed by atoms with Crippen molar-refractivity contribution < 1.29 is 14.7 Å². The van der Waals surface area contributed by atoms with E-state index in [9.17, 15) is 9.59 Å². The lowest BCUT2D eigenvalue weighted by Gasteiger charge is -2.05. The van der Waals surface area contributed by atoms with Gasteiger partial charge in [0.1, 0.15) is 0 Å². The second kappa shape index (κ2) is 5.91. The number of Topliss-reactive ketones (excluding diaryl/α,β-unsaturated/α-hetero) is 1. The van der Waals surface area contributed by atoms with Gasteiger partial charge >= 0.3 is 5.97 Å². The molecule has 5 heteroatoms. The molecule has 2 heterocycles. The van der Waals surface area contributed by atoms with Crippen molar-refractivity contribution in [2.75, 3.05) is 0 Å². The van der Waals surface area contributed by atoms with Gasteiger partial charge in [-0.15, -0.1) is 0 Å². The number of hydrogen-bond acceptors (Lipinski definition) is 4. The molecule has 3 aromatic rings. The summed E-state index contributed by atoms with van der Waals surface area (Å²) in [5.41, 5.74) is 1.94. The van der Waals surface area contributed by atoms with Crippen LogP contribution < -0.4 is 0 Å². The van der Waals surface area contributed by atoms with Gasteiger partial charge in [0.2, 0.25) is 0 Å². The van der Waals surface area contributed by atoms with E-state index >= 15 is 0 Å². The molecule has 1 N–H and O–H groups in total. The number of benzene rings is 1. The number of nitrogens with zero attached hydrogens (tertiary/aromatic N) is 1. The van der Waals surface area contributed by atoms with Gasteiger partial charge in [-0.2, -0.15) is 11.3 Å². The molecule has 0 amide bonds. The smallest absolute Gasteiger partial charge is 0.377 e. The Bertz CT molecular complexity index is 882. The van der Waals surface area contributed by atoms with E-state index < -0.39 is 11.8 Å². The number of aliphatic carboxylic acids is 1. The minimum Gasteiger partial charge on any atom is -0.475 e. The maximum absolute atomic E-state index is 12.0. The van der Waals surface area contributed by atoms with Crippen LogP contribution >= 0.6 is 11.3 Å². The normalized spacial score (nSPS) is 11.5. The number of para-hydroxylation sites is 1. The number of carboxylic acids is 1. The number of hydrogen-bond donors (Lipinski definition) is 1. The summed E-state index contributed by atoms with van der Waals surface area (Å²) in [5.74, 6) is -2.45. The highest BCUT2D eigenvalue weighted by molar-refractivity contribution is 7.08. The van der Waals surface area contributed by atoms with Crippen molar-refractivity contribution in [3.05, 3.63) is 64.5 Å². The molecule has 0 atom stereocenters. The second-order valence-electron chi connectivity index (χ2n) is 4.64. The average molecular weight is 309 g/mol. The molecule has 1 aromatic carbocycles. The third-order valence-corrected chi connectivity index (χ3v) is 3.87. The van der Waals surface area contributed by atoms with E-state index in [1.165, 1.54) is 11.3 Å². The molecule has 0 spiro atoms. The van der Waals surface area contributed by atoms with E-state index in [-0.39, 0.29) is 5.57 Å². The van der Waals surface area contributed by atoms with Gasteiger partial charge in [-0.3, -0.25) is 4.79 Å². The molecule has 0 radical (unpaired) electrons. The van der Waals surface area contributed by atoms with Gasteiger partial charge in [0.15, 0.2) is 0 Å². The van der Waals surface area contributed by atoms with Gasteiger partial charge in [-0.25, -0.2) is 9.78 Å². The summed E-state index contributed by atoms with van der Waals surface area (Å²) < 4.78 is 0. The standard InChI is InChI=1S/C17H11NO3S/c19-16(17(20)21)13(9-11-7-8-22-10-11)15-6-5-12-3-1-2-4-14(12)18-15/h1-10H,(H,20,21)/b13-9+. The Morgan fingerprint density at radius 3 is 2.64 bits per heavy atom. The SMILES string of the molecule is O=C(O)C(=O)/C(=C/c1ccsc1)c1ccc2ccccc2n1. The Hall–Kier alpha value is -2.79. The average Bonchev–Trinajstić information content (AvgIpc) is 3.04. The van der Waals surface area contributed by atoms with Crippen LogP contribution in [0, 0.1) is 0 Å². The van der Waals surface area contributed by atoms with Crippen molar-refractivity contribution in [1.82, 2.24) is 4.98 Å². The van der Waals surface area contributed by atoms with E-state index in [0.29, 0.717) is 5.69 Å². The number of carboxylic acid groups (broad SMARTS) is 1. The first-order valence-corrected chi connectivity index (χ1v) is 7.47. The molecule has 3 rings (SSSR count). The Labute approximate surface area is 130 Å². The van der Waals surface area contributed by atoms with Crippen LogP contribution in [0.1, 0.15) is 11.3 Å². The molecule has 0 fully saturated rings. The summed E-state index contributed by atoms with van der Waals surface area (Å²) in [5, 5.41) is 13.7. The monoisotopic (exact) mass is 309 g/mol. The Morgan fingerprint density at radius 2 is 1.91 bits per heavy atom. The van der Waals surface area contributed by atoms with Crippen LogP contribution in [0.2, 0.25) is 0 Å². The lowest BCUT2D eigenvalue weighted by atomic mass is 10.0. The molecule has 0 saturated carbocycles. The van der Waals surface area contributed by atoms with Crippen LogP contribution in [-0.2, 0) is 9.59 Å². The molecule has 0 aliphatic rings. The van der Waals surface area contributed by atoms with Crippen LogP contribution in [-0.4, -0.2) is 21.8 Å². The predicted octanol–water partition coefficient (Wildman–Crippen LogP) is 3.49. The van der Waals surface area contributed by atoms with Gasteiger partial charge in [0.05, 0.1) is 16.8 Å². The topological polar surface area (TPSA) is 67.3 Å². The fourth-order valence-corrected chi connectivity index (χ4v) is 2.73. The minimum atomic E-state index is -1.49. The maximum atomic E-state index is 12.0. The zero-order valence-electron chi connectivity index (χ0n) is 11.4. The first-order valence-electron chi connectivity index (χ1n) is 6.53. The molecule has 22 heavy (non-hydrogen) atoms. The fraction of sp³-hybridized carbons (Fsp3) is 0. The van der Waals surface area contributed by atoms with Gasteiger partial charge in [0, 0.05) is 5.39 Å². The van der Waals surface area contributed by atoms with Crippen LogP contribution in [0.5, 0.6) is 0 Å². The molecule has 0 aliphatic heterocycles. The highest BCUT2D eigenvalue weighted by Crippen LogP contribution is 2.22. The number of thiophene rings is 1. The molecule has 4 nitrogen and oxygen atoms in total. The first kappa shape index (κ1) is 14.2. The molecule has 0 unspecified atom stereocenters. The van der Waals surface area contributed by atoms with Crippen LogP contribution in [0.15, 0.2) is 53.2 Å². The molecule has 108 valence electrons. The molecular formula is C17H11NO3S. The minimum absolute atomic E-state index is 0.0802. The molecule has 0 saturated heterocycles. The van der Waals surface area contributed by atoms with Crippen molar-refractivity contribution in [3.63, 3.8) is 0 Å². The number of ketones is 1. The van der Waals surface area contributed by atoms with Crippen molar-refractivity contribution in [2.24, 2.45) is 0 Å². The number of fused-ring (bicyclic) bond motifs is 1. The molecule has 0 aliphatic carbocycles. The Morgan fingerprint density at radius 1 is 1.09 bits per heavy atom. The van der Waals surface area contributed by atoms with Gasteiger partial charge < -0.3 is 5.11 Å². The van der Waals surface area contributed by atoms with Crippen molar-refractivity contribution in [3.8, 4) is 0 Å². The van der Waals surface area contributed by atoms with E-state index in [2.05, 4.69) is 4.98 Å². The number of rotatable bonds is 4. The Balaban J connectivity index is 2.15. The number of carbonyl (C=O) groups is 2.